The van der Waals surface area contributed by atoms with Crippen LogP contribution in [0.5, 0.6) is 5.75 Å². The Morgan fingerprint density at radius 2 is 1.57 bits per heavy atom. The molecular weight excluding hydrogens is 576 g/mol. The molecule has 0 saturated heterocycles. The number of phosphoric acid groups is 1. The van der Waals surface area contributed by atoms with Crippen LogP contribution in [0.4, 0.5) is 13.2 Å². The van der Waals surface area contributed by atoms with Gasteiger partial charge in [0.1, 0.15) is 23.9 Å². The fraction of sp³-hybridized carbons (Fsp3) is 0.241. The predicted octanol–water partition coefficient (Wildman–Crippen LogP) is 6.52. The molecule has 0 atom stereocenters. The number of ether oxygens (including phenoxy) is 2. The van der Waals surface area contributed by atoms with Gasteiger partial charge in [0.05, 0.1) is 19.3 Å². The topological polar surface area (TPSA) is 131 Å². The minimum atomic E-state index is -4.82. The van der Waals surface area contributed by atoms with Crippen LogP contribution >= 0.6 is 7.82 Å². The number of halogens is 3. The molecule has 222 valence electrons. The lowest BCUT2D eigenvalue weighted by molar-refractivity contribution is -0.139. The number of carbonyl (C=O) groups excluding carboxylic acids is 1. The van der Waals surface area contributed by atoms with Crippen LogP contribution in [-0.4, -0.2) is 39.4 Å². The van der Waals surface area contributed by atoms with Crippen molar-refractivity contribution in [1.82, 2.24) is 9.97 Å². The second-order valence-corrected chi connectivity index (χ2v) is 11.2. The third-order valence-corrected chi connectivity index (χ3v) is 6.81. The number of hydrogen-bond acceptors (Lipinski definition) is 6. The Balaban J connectivity index is 1.63. The number of aromatic nitrogens is 2. The number of phosphoric ester groups is 1. The Morgan fingerprint density at radius 3 is 2.17 bits per heavy atom. The molecule has 0 aliphatic carbocycles. The minimum Gasteiger partial charge on any atom is -0.488 e. The molecule has 42 heavy (non-hydrogen) atoms. The average molecular weight is 605 g/mol. The van der Waals surface area contributed by atoms with Gasteiger partial charge in [0.15, 0.2) is 5.69 Å². The number of benzene rings is 3. The predicted molar refractivity (Wildman–Crippen MR) is 148 cm³/mol. The molecule has 4 aromatic rings. The highest BCUT2D eigenvalue weighted by atomic mass is 31.2. The number of alkyl halides is 3. The summed E-state index contributed by atoms with van der Waals surface area (Å²) in [6.45, 7) is 2.43. The molecular formula is C29H28F3N2O7P. The monoisotopic (exact) mass is 604 g/mol. The number of rotatable bonds is 10. The Bertz CT molecular complexity index is 1600. The van der Waals surface area contributed by atoms with Gasteiger partial charge in [0.2, 0.25) is 0 Å². The summed E-state index contributed by atoms with van der Waals surface area (Å²) in [6.07, 6.45) is -4.80. The highest BCUT2D eigenvalue weighted by Crippen LogP contribution is 2.41. The van der Waals surface area contributed by atoms with Gasteiger partial charge in [0.25, 0.3) is 0 Å². The van der Waals surface area contributed by atoms with E-state index in [0.29, 0.717) is 5.56 Å². The maximum atomic E-state index is 14.2. The van der Waals surface area contributed by atoms with Gasteiger partial charge in [0, 0.05) is 11.0 Å². The van der Waals surface area contributed by atoms with Crippen LogP contribution in [0.1, 0.15) is 41.3 Å². The number of methoxy groups -OCH3 is 1. The van der Waals surface area contributed by atoms with Crippen molar-refractivity contribution in [2.24, 2.45) is 0 Å². The van der Waals surface area contributed by atoms with E-state index in [2.05, 4.69) is 14.5 Å². The third-order valence-electron chi connectivity index (χ3n) is 6.34. The second-order valence-electron chi connectivity index (χ2n) is 10.0. The molecule has 0 fully saturated rings. The average Bonchev–Trinajstić information content (AvgIpc) is 3.41. The molecule has 3 N–H and O–H groups in total. The van der Waals surface area contributed by atoms with Crippen LogP contribution in [-0.2, 0) is 32.0 Å². The summed E-state index contributed by atoms with van der Waals surface area (Å²) >= 11 is 0. The molecule has 0 unspecified atom stereocenters. The van der Waals surface area contributed by atoms with E-state index >= 15 is 0 Å². The molecule has 9 nitrogen and oxygen atoms in total. The second kappa shape index (κ2) is 12.1. The van der Waals surface area contributed by atoms with Crippen LogP contribution in [0.25, 0.3) is 22.4 Å². The summed E-state index contributed by atoms with van der Waals surface area (Å²) < 4.78 is 68.6. The first-order valence-electron chi connectivity index (χ1n) is 12.6. The highest BCUT2D eigenvalue weighted by molar-refractivity contribution is 7.46. The number of H-pyrrole nitrogens is 1. The largest absolute Gasteiger partial charge is 0.488 e. The number of imidazole rings is 1. The zero-order valence-electron chi connectivity index (χ0n) is 22.8. The Morgan fingerprint density at radius 1 is 0.952 bits per heavy atom. The molecule has 0 aliphatic heterocycles. The quantitative estimate of drug-likeness (QED) is 0.138. The molecule has 3 aromatic carbocycles. The summed E-state index contributed by atoms with van der Waals surface area (Å²) in [5.74, 6) is -1.27. The SMILES string of the molecule is COC(=O)c1[nH]c(C(C)(C)COP(=O)(O)O)nc1-c1ccc(OCc2ccc(-c3ccccc3)cc2)c(C(F)(F)F)c1. The molecule has 0 amide bonds. The maximum Gasteiger partial charge on any atom is 0.469 e. The lowest BCUT2D eigenvalue weighted by Gasteiger charge is -2.22. The van der Waals surface area contributed by atoms with E-state index in [1.165, 1.54) is 19.9 Å². The summed E-state index contributed by atoms with van der Waals surface area (Å²) in [5, 5.41) is 0. The summed E-state index contributed by atoms with van der Waals surface area (Å²) in [4.78, 5) is 37.6. The van der Waals surface area contributed by atoms with Gasteiger partial charge < -0.3 is 24.2 Å². The van der Waals surface area contributed by atoms with Crippen molar-refractivity contribution in [1.29, 1.82) is 0 Å². The van der Waals surface area contributed by atoms with Crippen molar-refractivity contribution < 1.29 is 46.3 Å². The van der Waals surface area contributed by atoms with Gasteiger partial charge in [-0.05, 0) is 34.9 Å². The van der Waals surface area contributed by atoms with Crippen LogP contribution in [0.15, 0.2) is 72.8 Å². The zero-order valence-corrected chi connectivity index (χ0v) is 23.7. The normalized spacial score (nSPS) is 12.3. The lowest BCUT2D eigenvalue weighted by Crippen LogP contribution is -2.25. The van der Waals surface area contributed by atoms with Crippen molar-refractivity contribution in [3.05, 3.63) is 95.4 Å². The van der Waals surface area contributed by atoms with Crippen LogP contribution in [0, 0.1) is 0 Å². The number of aromatic amines is 1. The van der Waals surface area contributed by atoms with Crippen molar-refractivity contribution in [3.8, 4) is 28.1 Å². The van der Waals surface area contributed by atoms with Crippen LogP contribution in [0.2, 0.25) is 0 Å². The van der Waals surface area contributed by atoms with Crippen LogP contribution < -0.4 is 4.74 Å². The van der Waals surface area contributed by atoms with Gasteiger partial charge in [-0.15, -0.1) is 0 Å². The van der Waals surface area contributed by atoms with Gasteiger partial charge >= 0.3 is 20.0 Å². The van der Waals surface area contributed by atoms with E-state index in [4.69, 9.17) is 19.3 Å². The molecule has 0 saturated carbocycles. The summed E-state index contributed by atoms with van der Waals surface area (Å²) in [5.41, 5.74) is -0.0692. The fourth-order valence-electron chi connectivity index (χ4n) is 4.08. The third kappa shape index (κ3) is 7.46. The van der Waals surface area contributed by atoms with Crippen molar-refractivity contribution in [3.63, 3.8) is 0 Å². The number of hydrogen-bond donors (Lipinski definition) is 3. The molecule has 13 heteroatoms. The smallest absolute Gasteiger partial charge is 0.469 e. The molecule has 1 heterocycles. The first kappa shape index (κ1) is 31.0. The first-order valence-corrected chi connectivity index (χ1v) is 14.1. The molecule has 4 rings (SSSR count). The molecule has 1 aromatic heterocycles. The Kier molecular flexibility index (Phi) is 8.93. The van der Waals surface area contributed by atoms with Gasteiger partial charge in [-0.1, -0.05) is 68.4 Å². The van der Waals surface area contributed by atoms with Crippen LogP contribution in [0.3, 0.4) is 0 Å². The van der Waals surface area contributed by atoms with Gasteiger partial charge in [-0.2, -0.15) is 13.2 Å². The van der Waals surface area contributed by atoms with Gasteiger partial charge in [-0.25, -0.2) is 14.3 Å². The van der Waals surface area contributed by atoms with E-state index in [0.717, 1.165) is 30.4 Å². The highest BCUT2D eigenvalue weighted by Gasteiger charge is 2.36. The van der Waals surface area contributed by atoms with E-state index in [1.54, 1.807) is 12.1 Å². The van der Waals surface area contributed by atoms with E-state index in [9.17, 15) is 22.5 Å². The number of esters is 1. The lowest BCUT2D eigenvalue weighted by atomic mass is 9.94. The van der Waals surface area contributed by atoms with E-state index < -0.39 is 43.3 Å². The number of carbonyl (C=O) groups is 1. The van der Waals surface area contributed by atoms with Crippen molar-refractivity contribution >= 4 is 13.8 Å². The Hall–Kier alpha value is -3.96. The fourth-order valence-corrected chi connectivity index (χ4v) is 4.57. The molecule has 0 aliphatic rings. The molecule has 0 bridgehead atoms. The van der Waals surface area contributed by atoms with Crippen molar-refractivity contribution in [2.45, 2.75) is 32.0 Å². The number of nitrogens with one attached hydrogen (secondary N) is 1. The summed E-state index contributed by atoms with van der Waals surface area (Å²) in [7, 11) is -3.72. The maximum absolute atomic E-state index is 14.2. The Labute approximate surface area is 239 Å². The van der Waals surface area contributed by atoms with E-state index in [-0.39, 0.29) is 29.4 Å². The summed E-state index contributed by atoms with van der Waals surface area (Å²) in [6, 6.07) is 20.2. The van der Waals surface area contributed by atoms with Gasteiger partial charge in [-0.3, -0.25) is 4.52 Å². The standard InChI is InChI=1S/C29H28F3N2O7P/c1-28(2,17-41-42(36,37)38)27-33-24(25(34-27)26(35)39-3)21-13-14-23(22(15-21)29(30,31)32)40-16-18-9-11-20(12-10-18)19-7-5-4-6-8-19/h4-15H,16-17H2,1-3H3,(H,33,34)(H2,36,37,38). The minimum absolute atomic E-state index is 0.0409. The first-order chi connectivity index (χ1) is 19.7. The van der Waals surface area contributed by atoms with E-state index in [1.807, 2.05) is 42.5 Å². The molecule has 0 spiro atoms. The van der Waals surface area contributed by atoms with Crippen molar-refractivity contribution in [2.75, 3.05) is 13.7 Å². The zero-order chi connectivity index (χ0) is 30.7. The number of nitrogens with zero attached hydrogens (tertiary/aromatic N) is 1. The molecule has 0 radical (unpaired) electrons.